The quantitative estimate of drug-likeness (QED) is 0.840. The highest BCUT2D eigenvalue weighted by molar-refractivity contribution is 5.93. The molecule has 2 heterocycles. The van der Waals surface area contributed by atoms with Gasteiger partial charge in [0.2, 0.25) is 0 Å². The van der Waals surface area contributed by atoms with Gasteiger partial charge >= 0.3 is 5.97 Å². The molecule has 0 aromatic carbocycles. The number of allylic oxidation sites excluding steroid dienone is 2. The Hall–Kier alpha value is -2.04. The maximum Gasteiger partial charge on any atom is 0.311 e. The summed E-state index contributed by atoms with van der Waals surface area (Å²) in [6, 6.07) is 1.80. The standard InChI is InChI=1S/C17H24N2O3/c1-12(2)5-7-17(16(21)22)6-4-8-19(11-17)15(20)14-9-13(3)10-18-14/h5,9-10,18H,4,6-8,11H2,1-3H3,(H,21,22). The van der Waals surface area contributed by atoms with Crippen molar-refractivity contribution >= 4 is 11.9 Å². The molecule has 1 amide bonds. The first-order valence-corrected chi connectivity index (χ1v) is 7.65. The minimum absolute atomic E-state index is 0.115. The highest BCUT2D eigenvalue weighted by Gasteiger charge is 2.43. The summed E-state index contributed by atoms with van der Waals surface area (Å²) < 4.78 is 0. The van der Waals surface area contributed by atoms with Crippen molar-refractivity contribution in [2.24, 2.45) is 5.41 Å². The van der Waals surface area contributed by atoms with Crippen molar-refractivity contribution in [3.05, 3.63) is 35.2 Å². The number of aromatic nitrogens is 1. The fraction of sp³-hybridized carbons (Fsp3) is 0.529. The van der Waals surface area contributed by atoms with E-state index in [0.717, 1.165) is 11.1 Å². The van der Waals surface area contributed by atoms with E-state index < -0.39 is 11.4 Å². The van der Waals surface area contributed by atoms with Crippen molar-refractivity contribution < 1.29 is 14.7 Å². The molecule has 0 radical (unpaired) electrons. The molecule has 1 aromatic heterocycles. The molecule has 2 rings (SSSR count). The van der Waals surface area contributed by atoms with Gasteiger partial charge in [-0.15, -0.1) is 0 Å². The minimum atomic E-state index is -0.868. The first-order valence-electron chi connectivity index (χ1n) is 7.65. The largest absolute Gasteiger partial charge is 0.481 e. The molecular weight excluding hydrogens is 280 g/mol. The van der Waals surface area contributed by atoms with Crippen LogP contribution >= 0.6 is 0 Å². The Labute approximate surface area is 131 Å². The third kappa shape index (κ3) is 3.40. The predicted molar refractivity (Wildman–Crippen MR) is 84.8 cm³/mol. The van der Waals surface area contributed by atoms with Gasteiger partial charge in [0.1, 0.15) is 5.69 Å². The van der Waals surface area contributed by atoms with Gasteiger partial charge in [0, 0.05) is 19.3 Å². The second-order valence-electron chi connectivity index (χ2n) is 6.49. The third-order valence-electron chi connectivity index (χ3n) is 4.28. The normalized spacial score (nSPS) is 21.5. The van der Waals surface area contributed by atoms with Gasteiger partial charge in [-0.05, 0) is 51.7 Å². The van der Waals surface area contributed by atoms with Crippen molar-refractivity contribution in [3.8, 4) is 0 Å². The number of aliphatic carboxylic acids is 1. The summed E-state index contributed by atoms with van der Waals surface area (Å²) >= 11 is 0. The molecule has 1 aliphatic rings. The number of carboxylic acids is 1. The summed E-state index contributed by atoms with van der Waals surface area (Å²) in [7, 11) is 0. The highest BCUT2D eigenvalue weighted by atomic mass is 16.4. The van der Waals surface area contributed by atoms with Gasteiger partial charge in [-0.25, -0.2) is 0 Å². The van der Waals surface area contributed by atoms with Crippen LogP contribution in [0.25, 0.3) is 0 Å². The lowest BCUT2D eigenvalue weighted by atomic mass is 9.76. The molecule has 22 heavy (non-hydrogen) atoms. The molecule has 1 aromatic rings. The monoisotopic (exact) mass is 304 g/mol. The molecule has 5 heteroatoms. The Balaban J connectivity index is 2.20. The molecule has 1 fully saturated rings. The van der Waals surface area contributed by atoms with Crippen LogP contribution in [-0.4, -0.2) is 40.0 Å². The molecule has 1 saturated heterocycles. The summed E-state index contributed by atoms with van der Waals surface area (Å²) in [5.41, 5.74) is 1.76. The smallest absolute Gasteiger partial charge is 0.311 e. The lowest BCUT2D eigenvalue weighted by Crippen LogP contribution is -2.49. The number of hydrogen-bond acceptors (Lipinski definition) is 2. The lowest BCUT2D eigenvalue weighted by Gasteiger charge is -2.39. The molecular formula is C17H24N2O3. The molecule has 0 saturated carbocycles. The molecule has 2 N–H and O–H groups in total. The number of H-pyrrole nitrogens is 1. The van der Waals surface area contributed by atoms with E-state index in [2.05, 4.69) is 4.98 Å². The summed E-state index contributed by atoms with van der Waals surface area (Å²) in [4.78, 5) is 29.0. The molecule has 120 valence electrons. The van der Waals surface area contributed by atoms with Crippen molar-refractivity contribution in [2.45, 2.75) is 40.0 Å². The van der Waals surface area contributed by atoms with Gasteiger partial charge in [0.25, 0.3) is 5.91 Å². The van der Waals surface area contributed by atoms with Gasteiger partial charge in [-0.1, -0.05) is 11.6 Å². The van der Waals surface area contributed by atoms with E-state index in [4.69, 9.17) is 0 Å². The Kier molecular flexibility index (Phi) is 4.74. The van der Waals surface area contributed by atoms with Crippen molar-refractivity contribution in [1.82, 2.24) is 9.88 Å². The van der Waals surface area contributed by atoms with E-state index in [-0.39, 0.29) is 12.5 Å². The van der Waals surface area contributed by atoms with Gasteiger partial charge in [0.05, 0.1) is 5.41 Å². The Morgan fingerprint density at radius 2 is 2.18 bits per heavy atom. The van der Waals surface area contributed by atoms with Crippen molar-refractivity contribution in [2.75, 3.05) is 13.1 Å². The molecule has 1 aliphatic heterocycles. The van der Waals surface area contributed by atoms with Gasteiger partial charge < -0.3 is 15.0 Å². The van der Waals surface area contributed by atoms with Crippen LogP contribution in [0.15, 0.2) is 23.9 Å². The van der Waals surface area contributed by atoms with E-state index in [1.807, 2.05) is 26.8 Å². The molecule has 5 nitrogen and oxygen atoms in total. The van der Waals surface area contributed by atoms with E-state index in [1.54, 1.807) is 17.2 Å². The molecule has 0 aliphatic carbocycles. The average Bonchev–Trinajstić information content (AvgIpc) is 2.91. The Morgan fingerprint density at radius 3 is 2.73 bits per heavy atom. The number of amides is 1. The van der Waals surface area contributed by atoms with Crippen LogP contribution in [0, 0.1) is 12.3 Å². The Bertz CT molecular complexity index is 599. The second kappa shape index (κ2) is 6.38. The van der Waals surface area contributed by atoms with Gasteiger partial charge in [0.15, 0.2) is 0 Å². The zero-order valence-corrected chi connectivity index (χ0v) is 13.5. The van der Waals surface area contributed by atoms with Crippen LogP contribution in [0.4, 0.5) is 0 Å². The Morgan fingerprint density at radius 1 is 1.45 bits per heavy atom. The van der Waals surface area contributed by atoms with Crippen LogP contribution in [-0.2, 0) is 4.79 Å². The van der Waals surface area contributed by atoms with Gasteiger partial charge in [-0.3, -0.25) is 9.59 Å². The first kappa shape index (κ1) is 16.3. The zero-order valence-electron chi connectivity index (χ0n) is 13.5. The number of carbonyl (C=O) groups excluding carboxylic acids is 1. The van der Waals surface area contributed by atoms with E-state index in [9.17, 15) is 14.7 Å². The number of rotatable bonds is 4. The minimum Gasteiger partial charge on any atom is -0.481 e. The summed E-state index contributed by atoms with van der Waals surface area (Å²) in [6.07, 6.45) is 5.54. The number of likely N-dealkylation sites (tertiary alicyclic amines) is 1. The highest BCUT2D eigenvalue weighted by Crippen LogP contribution is 2.35. The average molecular weight is 304 g/mol. The fourth-order valence-electron chi connectivity index (χ4n) is 2.93. The maximum atomic E-state index is 12.5. The number of piperidine rings is 1. The predicted octanol–water partition coefficient (Wildman–Crippen LogP) is 2.99. The summed E-state index contributed by atoms with van der Waals surface area (Å²) in [5.74, 6) is -0.930. The lowest BCUT2D eigenvalue weighted by molar-refractivity contribution is -0.151. The molecule has 0 bridgehead atoms. The number of aromatic amines is 1. The van der Waals surface area contributed by atoms with E-state index >= 15 is 0 Å². The number of nitrogens with one attached hydrogen (secondary N) is 1. The molecule has 0 spiro atoms. The number of carbonyl (C=O) groups is 2. The van der Waals surface area contributed by atoms with Crippen LogP contribution in [0.5, 0.6) is 0 Å². The van der Waals surface area contributed by atoms with E-state index in [1.165, 1.54) is 0 Å². The number of aryl methyl sites for hydroxylation is 1. The molecule has 1 unspecified atom stereocenters. The van der Waals surface area contributed by atoms with Crippen LogP contribution < -0.4 is 0 Å². The van der Waals surface area contributed by atoms with Gasteiger partial charge in [-0.2, -0.15) is 0 Å². The number of nitrogens with zero attached hydrogens (tertiary/aromatic N) is 1. The summed E-state index contributed by atoms with van der Waals surface area (Å²) in [6.45, 7) is 6.72. The van der Waals surface area contributed by atoms with Crippen LogP contribution in [0.2, 0.25) is 0 Å². The third-order valence-corrected chi connectivity index (χ3v) is 4.28. The molecule has 1 atom stereocenters. The number of carboxylic acid groups (broad SMARTS) is 1. The van der Waals surface area contributed by atoms with Crippen molar-refractivity contribution in [1.29, 1.82) is 0 Å². The summed E-state index contributed by atoms with van der Waals surface area (Å²) in [5, 5.41) is 9.70. The van der Waals surface area contributed by atoms with Crippen molar-refractivity contribution in [3.63, 3.8) is 0 Å². The number of hydrogen-bond donors (Lipinski definition) is 2. The maximum absolute atomic E-state index is 12.5. The first-order chi connectivity index (χ1) is 10.3. The second-order valence-corrected chi connectivity index (χ2v) is 6.49. The van der Waals surface area contributed by atoms with E-state index in [0.29, 0.717) is 31.5 Å². The topological polar surface area (TPSA) is 73.4 Å². The fourth-order valence-corrected chi connectivity index (χ4v) is 2.93. The zero-order chi connectivity index (χ0) is 16.3. The SMILES string of the molecule is CC(C)=CCC1(C(=O)O)CCCN(C(=O)c2cc(C)c[nH]2)C1. The van der Waals surface area contributed by atoms with Crippen LogP contribution in [0.3, 0.4) is 0 Å². The van der Waals surface area contributed by atoms with Crippen LogP contribution in [0.1, 0.15) is 49.2 Å².